The molecule has 0 aliphatic carbocycles. The molecule has 6 nitrogen and oxygen atoms in total. The number of likely N-dealkylation sites (N-methyl/N-ethyl adjacent to an activating group) is 1. The minimum atomic E-state index is -0.0594. The van der Waals surface area contributed by atoms with Crippen molar-refractivity contribution in [1.29, 1.82) is 0 Å². The number of allylic oxidation sites excluding steroid dienone is 1. The maximum Gasteiger partial charge on any atom is 0.116 e. The molecule has 312 valence electrons. The van der Waals surface area contributed by atoms with Crippen LogP contribution in [0.25, 0.3) is 0 Å². The molecule has 0 N–H and O–H groups in total. The van der Waals surface area contributed by atoms with E-state index in [1.807, 2.05) is 14.1 Å². The second kappa shape index (κ2) is 40.0. The van der Waals surface area contributed by atoms with Gasteiger partial charge in [0.1, 0.15) is 12.7 Å². The second-order valence-corrected chi connectivity index (χ2v) is 16.3. The first-order valence-electron chi connectivity index (χ1n) is 22.8. The van der Waals surface area contributed by atoms with Crippen LogP contribution in [0.1, 0.15) is 208 Å². The van der Waals surface area contributed by atoms with Crippen molar-refractivity contribution < 1.29 is 24.0 Å². The lowest BCUT2D eigenvalue weighted by molar-refractivity contribution is -0.332. The molecule has 4 unspecified atom stereocenters. The zero-order valence-electron chi connectivity index (χ0n) is 36.3. The van der Waals surface area contributed by atoms with Gasteiger partial charge in [-0.25, -0.2) is 9.78 Å². The zero-order chi connectivity index (χ0) is 38.3. The van der Waals surface area contributed by atoms with Crippen LogP contribution in [0, 0.1) is 11.8 Å². The Morgan fingerprint density at radius 3 is 1.48 bits per heavy atom. The average molecular weight is 740 g/mol. The Labute approximate surface area is 326 Å². The monoisotopic (exact) mass is 740 g/mol. The predicted octanol–water partition coefficient (Wildman–Crippen LogP) is 13.7. The molecule has 0 bridgehead atoms. The lowest BCUT2D eigenvalue weighted by Crippen LogP contribution is -2.29. The Balaban J connectivity index is 4.52. The maximum absolute atomic E-state index is 6.37. The molecule has 0 aromatic rings. The molecule has 0 fully saturated rings. The molecule has 0 aliphatic heterocycles. The fourth-order valence-corrected chi connectivity index (χ4v) is 7.14. The van der Waals surface area contributed by atoms with E-state index in [1.165, 1.54) is 141 Å². The first kappa shape index (κ1) is 51.3. The molecule has 52 heavy (non-hydrogen) atoms. The van der Waals surface area contributed by atoms with Crippen LogP contribution < -0.4 is 0 Å². The van der Waals surface area contributed by atoms with Crippen molar-refractivity contribution in [2.24, 2.45) is 11.8 Å². The van der Waals surface area contributed by atoms with E-state index in [9.17, 15) is 0 Å². The van der Waals surface area contributed by atoms with Crippen LogP contribution in [-0.2, 0) is 24.0 Å². The minimum Gasteiger partial charge on any atom is -0.496 e. The fourth-order valence-electron chi connectivity index (χ4n) is 7.14. The van der Waals surface area contributed by atoms with Gasteiger partial charge in [0.25, 0.3) is 0 Å². The van der Waals surface area contributed by atoms with Gasteiger partial charge in [-0.2, -0.15) is 0 Å². The van der Waals surface area contributed by atoms with E-state index in [4.69, 9.17) is 24.0 Å². The Morgan fingerprint density at radius 1 is 0.558 bits per heavy atom. The first-order valence-corrected chi connectivity index (χ1v) is 22.8. The van der Waals surface area contributed by atoms with E-state index in [2.05, 4.69) is 46.1 Å². The molecule has 0 amide bonds. The van der Waals surface area contributed by atoms with Crippen LogP contribution in [0.5, 0.6) is 0 Å². The van der Waals surface area contributed by atoms with Crippen molar-refractivity contribution in [2.75, 3.05) is 53.7 Å². The Morgan fingerprint density at radius 2 is 1.02 bits per heavy atom. The number of hydrogen-bond donors (Lipinski definition) is 0. The van der Waals surface area contributed by atoms with Crippen molar-refractivity contribution in [3.8, 4) is 0 Å². The minimum absolute atomic E-state index is 0.0188. The summed E-state index contributed by atoms with van der Waals surface area (Å²) < 4.78 is 18.8. The van der Waals surface area contributed by atoms with Gasteiger partial charge in [0.2, 0.25) is 0 Å². The normalized spacial score (nSPS) is 14.2. The van der Waals surface area contributed by atoms with Crippen molar-refractivity contribution in [3.05, 3.63) is 12.3 Å². The average Bonchev–Trinajstić information content (AvgIpc) is 3.12. The van der Waals surface area contributed by atoms with E-state index >= 15 is 0 Å². The van der Waals surface area contributed by atoms with Crippen LogP contribution in [-0.4, -0.2) is 70.8 Å². The first-order chi connectivity index (χ1) is 25.3. The van der Waals surface area contributed by atoms with E-state index < -0.39 is 0 Å². The number of hydrogen-bond acceptors (Lipinski definition) is 6. The SMILES string of the molecule is C=C(CC(C)C(CCC)C(C)OOCCN(C)C)OCC(COCCCCCCCCCCCCCC)OCCCCCCCCCCCCCC. The van der Waals surface area contributed by atoms with Crippen molar-refractivity contribution >= 4 is 0 Å². The zero-order valence-corrected chi connectivity index (χ0v) is 36.3. The van der Waals surface area contributed by atoms with E-state index in [-0.39, 0.29) is 12.2 Å². The lowest BCUT2D eigenvalue weighted by Gasteiger charge is -2.29. The Bertz CT molecular complexity index is 719. The molecular formula is C46H93NO5. The van der Waals surface area contributed by atoms with Crippen molar-refractivity contribution in [3.63, 3.8) is 0 Å². The van der Waals surface area contributed by atoms with E-state index in [0.717, 1.165) is 57.6 Å². The summed E-state index contributed by atoms with van der Waals surface area (Å²) >= 11 is 0. The van der Waals surface area contributed by atoms with Gasteiger partial charge >= 0.3 is 0 Å². The third-order valence-electron chi connectivity index (χ3n) is 10.6. The topological polar surface area (TPSA) is 49.4 Å². The Kier molecular flexibility index (Phi) is 39.5. The fraction of sp³-hybridized carbons (Fsp3) is 0.957. The highest BCUT2D eigenvalue weighted by Crippen LogP contribution is 2.29. The van der Waals surface area contributed by atoms with Gasteiger partial charge in [-0.1, -0.05) is 182 Å². The van der Waals surface area contributed by atoms with Crippen molar-refractivity contribution in [2.45, 2.75) is 220 Å². The summed E-state index contributed by atoms with van der Waals surface area (Å²) in [6, 6.07) is 0. The van der Waals surface area contributed by atoms with Crippen LogP contribution in [0.3, 0.4) is 0 Å². The Hall–Kier alpha value is -0.660. The molecule has 0 aliphatic rings. The molecule has 0 heterocycles. The van der Waals surface area contributed by atoms with E-state index in [0.29, 0.717) is 31.7 Å². The van der Waals surface area contributed by atoms with Gasteiger partial charge in [-0.15, -0.1) is 0 Å². The van der Waals surface area contributed by atoms with Gasteiger partial charge < -0.3 is 19.1 Å². The molecule has 0 saturated carbocycles. The molecule has 0 aromatic carbocycles. The van der Waals surface area contributed by atoms with Crippen molar-refractivity contribution in [1.82, 2.24) is 4.90 Å². The predicted molar refractivity (Wildman–Crippen MR) is 225 cm³/mol. The summed E-state index contributed by atoms with van der Waals surface area (Å²) in [5.41, 5.74) is 0. The smallest absolute Gasteiger partial charge is 0.116 e. The van der Waals surface area contributed by atoms with E-state index in [1.54, 1.807) is 0 Å². The quantitative estimate of drug-likeness (QED) is 0.0269. The van der Waals surface area contributed by atoms with Gasteiger partial charge in [0.05, 0.1) is 25.1 Å². The number of rotatable bonds is 43. The third kappa shape index (κ3) is 35.1. The summed E-state index contributed by atoms with van der Waals surface area (Å²) in [5.74, 6) is 1.58. The molecule has 0 radical (unpaired) electrons. The van der Waals surface area contributed by atoms with Crippen LogP contribution in [0.2, 0.25) is 0 Å². The highest BCUT2D eigenvalue weighted by atomic mass is 17.2. The van der Waals surface area contributed by atoms with Gasteiger partial charge in [0, 0.05) is 26.2 Å². The molecular weight excluding hydrogens is 647 g/mol. The number of nitrogens with zero attached hydrogens (tertiary/aromatic N) is 1. The maximum atomic E-state index is 6.37. The summed E-state index contributed by atoms with van der Waals surface area (Å²) in [6.07, 6.45) is 35.5. The lowest BCUT2D eigenvalue weighted by atomic mass is 9.83. The molecule has 0 rings (SSSR count). The highest BCUT2D eigenvalue weighted by molar-refractivity contribution is 4.88. The second-order valence-electron chi connectivity index (χ2n) is 16.3. The highest BCUT2D eigenvalue weighted by Gasteiger charge is 2.26. The van der Waals surface area contributed by atoms with Crippen LogP contribution in [0.15, 0.2) is 12.3 Å². The largest absolute Gasteiger partial charge is 0.496 e. The summed E-state index contributed by atoms with van der Waals surface area (Å²) in [7, 11) is 4.09. The van der Waals surface area contributed by atoms with Gasteiger partial charge in [0.15, 0.2) is 0 Å². The van der Waals surface area contributed by atoms with Gasteiger partial charge in [-0.3, -0.25) is 0 Å². The summed E-state index contributed by atoms with van der Waals surface area (Å²) in [6.45, 7) is 19.6. The standard InChI is InChI=1S/C46H93NO5/c1-9-12-14-16-18-20-22-24-26-28-30-32-36-48-40-45(49-37-33-31-29-27-25-23-21-19-17-15-13-10-2)41-50-43(5)39-42(4)46(34-11-3)44(6)52-51-38-35-47(7)8/h42,44-46H,5,9-41H2,1-4,6-8H3. The van der Waals surface area contributed by atoms with Crippen LogP contribution >= 0.6 is 0 Å². The molecule has 0 aromatic heterocycles. The molecule has 4 atom stereocenters. The molecule has 0 spiro atoms. The molecule has 0 saturated heterocycles. The van der Waals surface area contributed by atoms with Gasteiger partial charge in [-0.05, 0) is 52.1 Å². The summed E-state index contributed by atoms with van der Waals surface area (Å²) in [5, 5.41) is 0. The third-order valence-corrected chi connectivity index (χ3v) is 10.6. The summed E-state index contributed by atoms with van der Waals surface area (Å²) in [4.78, 5) is 13.4. The van der Waals surface area contributed by atoms with Crippen LogP contribution in [0.4, 0.5) is 0 Å². The number of ether oxygens (including phenoxy) is 3. The molecule has 6 heteroatoms. The number of unbranched alkanes of at least 4 members (excludes halogenated alkanes) is 22.